The fourth-order valence-electron chi connectivity index (χ4n) is 3.51. The molecule has 1 saturated heterocycles. The van der Waals surface area contributed by atoms with E-state index in [4.69, 9.17) is 13.9 Å². The smallest absolute Gasteiger partial charge is 0.239 e. The second kappa shape index (κ2) is 8.42. The number of rotatable bonds is 4. The minimum Gasteiger partial charge on any atom is -0.508 e. The maximum Gasteiger partial charge on any atom is 0.239 e. The van der Waals surface area contributed by atoms with Crippen LogP contribution in [-0.4, -0.2) is 78.2 Å². The highest BCUT2D eigenvalue weighted by Crippen LogP contribution is 2.39. The summed E-state index contributed by atoms with van der Waals surface area (Å²) in [4.78, 5) is 13.2. The van der Waals surface area contributed by atoms with Gasteiger partial charge in [0.1, 0.15) is 46.9 Å². The Balaban J connectivity index is 1.91. The summed E-state index contributed by atoms with van der Waals surface area (Å²) in [5.74, 6) is -3.05. The molecule has 4 rings (SSSR count). The van der Waals surface area contributed by atoms with Crippen molar-refractivity contribution < 1.29 is 54.7 Å². The molecular formula is C21H20O12. The summed E-state index contributed by atoms with van der Waals surface area (Å²) in [5.41, 5.74) is -1.19. The first-order valence-electron chi connectivity index (χ1n) is 9.64. The predicted octanol–water partition coefficient (Wildman–Crippen LogP) is -0.539. The van der Waals surface area contributed by atoms with Crippen LogP contribution in [0.4, 0.5) is 0 Å². The predicted molar refractivity (Wildman–Crippen MR) is 109 cm³/mol. The van der Waals surface area contributed by atoms with Gasteiger partial charge in [-0.3, -0.25) is 4.79 Å². The summed E-state index contributed by atoms with van der Waals surface area (Å²) in [7, 11) is 0. The van der Waals surface area contributed by atoms with E-state index in [1.165, 1.54) is 6.07 Å². The quantitative estimate of drug-likeness (QED) is 0.229. The van der Waals surface area contributed by atoms with E-state index in [0.29, 0.717) is 0 Å². The third kappa shape index (κ3) is 3.90. The third-order valence-corrected chi connectivity index (χ3v) is 5.24. The second-order valence-electron chi connectivity index (χ2n) is 7.45. The highest BCUT2D eigenvalue weighted by Gasteiger charge is 2.45. The lowest BCUT2D eigenvalue weighted by molar-refractivity contribution is -0.277. The van der Waals surface area contributed by atoms with E-state index in [2.05, 4.69) is 0 Å². The zero-order chi connectivity index (χ0) is 24.0. The molecule has 1 aliphatic rings. The molecule has 8 N–H and O–H groups in total. The van der Waals surface area contributed by atoms with Crippen molar-refractivity contribution in [2.24, 2.45) is 0 Å². The monoisotopic (exact) mass is 464 g/mol. The normalized spacial score (nSPS) is 25.3. The van der Waals surface area contributed by atoms with Gasteiger partial charge in [-0.05, 0) is 18.2 Å². The number of hydrogen-bond donors (Lipinski definition) is 8. The summed E-state index contributed by atoms with van der Waals surface area (Å²) in [5, 5.41) is 78.7. The van der Waals surface area contributed by atoms with Crippen LogP contribution in [0.1, 0.15) is 0 Å². The fourth-order valence-corrected chi connectivity index (χ4v) is 3.51. The minimum atomic E-state index is -1.85. The SMILES string of the molecule is O=c1c(O[C@H]2O[C@H](CO)[C@H](O)[C@H](O)[C@H]2O)c(-c2ccc(O)c(O)c2)oc2cc(O)cc(O)c12. The Hall–Kier alpha value is -3.55. The van der Waals surface area contributed by atoms with Gasteiger partial charge in [-0.15, -0.1) is 0 Å². The lowest BCUT2D eigenvalue weighted by atomic mass is 9.99. The Morgan fingerprint density at radius 1 is 0.879 bits per heavy atom. The highest BCUT2D eigenvalue weighted by atomic mass is 16.7. The molecule has 0 spiro atoms. The molecule has 0 aliphatic carbocycles. The molecule has 12 nitrogen and oxygen atoms in total. The van der Waals surface area contributed by atoms with Gasteiger partial charge in [0, 0.05) is 17.7 Å². The van der Waals surface area contributed by atoms with Crippen LogP contribution in [0.3, 0.4) is 0 Å². The molecular weight excluding hydrogens is 444 g/mol. The van der Waals surface area contributed by atoms with E-state index < -0.39 is 71.5 Å². The molecule has 2 aromatic carbocycles. The van der Waals surface area contributed by atoms with Gasteiger partial charge < -0.3 is 54.7 Å². The van der Waals surface area contributed by atoms with Gasteiger partial charge in [-0.2, -0.15) is 0 Å². The van der Waals surface area contributed by atoms with E-state index in [-0.39, 0.29) is 22.3 Å². The lowest BCUT2D eigenvalue weighted by Crippen LogP contribution is -2.60. The lowest BCUT2D eigenvalue weighted by Gasteiger charge is -2.39. The average Bonchev–Trinajstić information content (AvgIpc) is 2.76. The average molecular weight is 464 g/mol. The van der Waals surface area contributed by atoms with Crippen LogP contribution in [0.25, 0.3) is 22.3 Å². The van der Waals surface area contributed by atoms with Crippen LogP contribution < -0.4 is 10.2 Å². The van der Waals surface area contributed by atoms with Gasteiger partial charge in [0.15, 0.2) is 17.3 Å². The standard InChI is InChI=1S/C21H20O12/c22-6-13-15(27)17(29)18(30)21(32-13)33-20-16(28)14-11(26)4-8(23)5-12(14)31-19(20)7-1-2-9(24)10(25)3-7/h1-5,13,15,17-18,21-27,29-30H,6H2/t13-,15+,17+,18-,21-/m1/s1. The number of phenols is 4. The first-order valence-corrected chi connectivity index (χ1v) is 9.64. The van der Waals surface area contributed by atoms with Crippen LogP contribution in [-0.2, 0) is 4.74 Å². The summed E-state index contributed by atoms with van der Waals surface area (Å²) in [6.07, 6.45) is -8.40. The Morgan fingerprint density at radius 2 is 1.61 bits per heavy atom. The zero-order valence-corrected chi connectivity index (χ0v) is 16.7. The summed E-state index contributed by atoms with van der Waals surface area (Å²) < 4.78 is 16.5. The van der Waals surface area contributed by atoms with Crippen LogP contribution in [0, 0.1) is 0 Å². The summed E-state index contributed by atoms with van der Waals surface area (Å²) in [6, 6.07) is 5.36. The maximum absolute atomic E-state index is 13.2. The fraction of sp³-hybridized carbons (Fsp3) is 0.286. The third-order valence-electron chi connectivity index (χ3n) is 5.24. The van der Waals surface area contributed by atoms with E-state index >= 15 is 0 Å². The Morgan fingerprint density at radius 3 is 2.27 bits per heavy atom. The number of phenolic OH excluding ortho intramolecular Hbond substituents is 4. The minimum absolute atomic E-state index is 0.0201. The number of ether oxygens (including phenoxy) is 2. The van der Waals surface area contributed by atoms with Crippen molar-refractivity contribution in [3.63, 3.8) is 0 Å². The van der Waals surface area contributed by atoms with Gasteiger partial charge in [-0.1, -0.05) is 0 Å². The molecule has 33 heavy (non-hydrogen) atoms. The Bertz CT molecular complexity index is 1250. The number of aromatic hydroxyl groups is 4. The molecule has 176 valence electrons. The summed E-state index contributed by atoms with van der Waals surface area (Å²) in [6.45, 7) is -0.740. The van der Waals surface area contributed by atoms with Crippen molar-refractivity contribution in [3.05, 3.63) is 40.6 Å². The number of fused-ring (bicyclic) bond motifs is 1. The van der Waals surface area contributed by atoms with Gasteiger partial charge >= 0.3 is 0 Å². The van der Waals surface area contributed by atoms with Crippen LogP contribution in [0.15, 0.2) is 39.5 Å². The van der Waals surface area contributed by atoms with Gasteiger partial charge in [-0.25, -0.2) is 0 Å². The van der Waals surface area contributed by atoms with Gasteiger partial charge in [0.05, 0.1) is 6.61 Å². The maximum atomic E-state index is 13.2. The van der Waals surface area contributed by atoms with E-state index in [1.54, 1.807) is 0 Å². The first-order chi connectivity index (χ1) is 15.6. The van der Waals surface area contributed by atoms with E-state index in [9.17, 15) is 45.6 Å². The Kier molecular flexibility index (Phi) is 5.78. The number of aliphatic hydroxyl groups is 4. The Labute approximate surface area is 184 Å². The molecule has 2 heterocycles. The molecule has 0 radical (unpaired) electrons. The van der Waals surface area contributed by atoms with Crippen LogP contribution in [0.5, 0.6) is 28.7 Å². The molecule has 0 unspecified atom stereocenters. The zero-order valence-electron chi connectivity index (χ0n) is 16.7. The van der Waals surface area contributed by atoms with Crippen molar-refractivity contribution in [2.45, 2.75) is 30.7 Å². The molecule has 0 amide bonds. The summed E-state index contributed by atoms with van der Waals surface area (Å²) >= 11 is 0. The number of benzene rings is 2. The molecule has 1 aromatic heterocycles. The van der Waals surface area contributed by atoms with Crippen LogP contribution >= 0.6 is 0 Å². The van der Waals surface area contributed by atoms with Crippen molar-refractivity contribution in [3.8, 4) is 40.1 Å². The second-order valence-corrected chi connectivity index (χ2v) is 7.45. The topological polar surface area (TPSA) is 211 Å². The molecule has 1 aliphatic heterocycles. The molecule has 1 fully saturated rings. The molecule has 5 atom stereocenters. The van der Waals surface area contributed by atoms with Crippen molar-refractivity contribution in [2.75, 3.05) is 6.61 Å². The number of hydrogen-bond acceptors (Lipinski definition) is 12. The molecule has 12 heteroatoms. The highest BCUT2D eigenvalue weighted by molar-refractivity contribution is 5.88. The number of aliphatic hydroxyl groups excluding tert-OH is 4. The van der Waals surface area contributed by atoms with E-state index in [1.807, 2.05) is 0 Å². The van der Waals surface area contributed by atoms with Gasteiger partial charge in [0.2, 0.25) is 17.5 Å². The van der Waals surface area contributed by atoms with Crippen LogP contribution in [0.2, 0.25) is 0 Å². The molecule has 0 bridgehead atoms. The van der Waals surface area contributed by atoms with E-state index in [0.717, 1.165) is 24.3 Å². The van der Waals surface area contributed by atoms with Crippen molar-refractivity contribution in [1.82, 2.24) is 0 Å². The largest absolute Gasteiger partial charge is 0.508 e. The molecule has 0 saturated carbocycles. The van der Waals surface area contributed by atoms with Crippen molar-refractivity contribution >= 4 is 11.0 Å². The molecule has 3 aromatic rings. The first kappa shape index (κ1) is 22.6. The van der Waals surface area contributed by atoms with Gasteiger partial charge in [0.25, 0.3) is 0 Å². The van der Waals surface area contributed by atoms with Crippen molar-refractivity contribution in [1.29, 1.82) is 0 Å².